The number of hydrogen-bond donors (Lipinski definition) is 0. The van der Waals surface area contributed by atoms with Gasteiger partial charge in [-0.3, -0.25) is 0 Å². The fourth-order valence-electron chi connectivity index (χ4n) is 1.93. The standard InChI is InChI=1S/C13H6Br2Cl2S2/c14-9-3-1-2-6-8(5-18-12(6)9)11(15)7-4-10(16)19-13(7)17/h1-5,11H. The molecule has 1 unspecified atom stereocenters. The molecule has 0 fully saturated rings. The molecule has 19 heavy (non-hydrogen) atoms. The second kappa shape index (κ2) is 5.66. The number of rotatable bonds is 2. The van der Waals surface area contributed by atoms with E-state index in [1.54, 1.807) is 11.3 Å². The summed E-state index contributed by atoms with van der Waals surface area (Å²) in [6, 6.07) is 8.16. The Morgan fingerprint density at radius 2 is 1.95 bits per heavy atom. The molecule has 3 rings (SSSR count). The molecular weight excluding hydrogens is 451 g/mol. The van der Waals surface area contributed by atoms with E-state index >= 15 is 0 Å². The Hall–Kier alpha value is 0.420. The van der Waals surface area contributed by atoms with Crippen LogP contribution in [0.1, 0.15) is 16.0 Å². The molecule has 1 aromatic carbocycles. The fraction of sp³-hybridized carbons (Fsp3) is 0.0769. The zero-order valence-corrected chi connectivity index (χ0v) is 15.6. The van der Waals surface area contributed by atoms with Crippen LogP contribution in [0.5, 0.6) is 0 Å². The Labute approximate surface area is 145 Å². The Balaban J connectivity index is 2.14. The summed E-state index contributed by atoms with van der Waals surface area (Å²) >= 11 is 22.7. The van der Waals surface area contributed by atoms with Crippen molar-refractivity contribution in [1.29, 1.82) is 0 Å². The van der Waals surface area contributed by atoms with Gasteiger partial charge in [0.25, 0.3) is 0 Å². The summed E-state index contributed by atoms with van der Waals surface area (Å²) in [7, 11) is 0. The predicted molar refractivity (Wildman–Crippen MR) is 94.6 cm³/mol. The minimum atomic E-state index is 0.0619. The van der Waals surface area contributed by atoms with Crippen molar-refractivity contribution in [2.75, 3.05) is 0 Å². The molecule has 6 heteroatoms. The highest BCUT2D eigenvalue weighted by atomic mass is 79.9. The smallest absolute Gasteiger partial charge is 0.0990 e. The van der Waals surface area contributed by atoms with Crippen molar-refractivity contribution in [2.45, 2.75) is 4.83 Å². The number of halogens is 4. The van der Waals surface area contributed by atoms with Crippen LogP contribution in [-0.4, -0.2) is 0 Å². The van der Waals surface area contributed by atoms with Gasteiger partial charge >= 0.3 is 0 Å². The van der Waals surface area contributed by atoms with Gasteiger partial charge in [-0.1, -0.05) is 51.3 Å². The zero-order valence-electron chi connectivity index (χ0n) is 9.29. The third-order valence-electron chi connectivity index (χ3n) is 2.81. The van der Waals surface area contributed by atoms with E-state index in [0.29, 0.717) is 4.34 Å². The van der Waals surface area contributed by atoms with Crippen molar-refractivity contribution in [3.05, 3.63) is 53.9 Å². The number of alkyl halides is 1. The molecule has 0 saturated carbocycles. The maximum Gasteiger partial charge on any atom is 0.0990 e. The molecule has 0 radical (unpaired) electrons. The molecule has 0 saturated heterocycles. The van der Waals surface area contributed by atoms with E-state index in [4.69, 9.17) is 23.2 Å². The quantitative estimate of drug-likeness (QED) is 0.350. The van der Waals surface area contributed by atoms with Crippen molar-refractivity contribution in [1.82, 2.24) is 0 Å². The van der Waals surface area contributed by atoms with Crippen molar-refractivity contribution in [3.63, 3.8) is 0 Å². The van der Waals surface area contributed by atoms with E-state index in [9.17, 15) is 0 Å². The lowest BCUT2D eigenvalue weighted by molar-refractivity contribution is 1.23. The van der Waals surface area contributed by atoms with E-state index in [-0.39, 0.29) is 4.83 Å². The third-order valence-corrected chi connectivity index (χ3v) is 7.29. The van der Waals surface area contributed by atoms with E-state index in [1.165, 1.54) is 27.0 Å². The van der Waals surface area contributed by atoms with E-state index < -0.39 is 0 Å². The molecule has 3 aromatic rings. The predicted octanol–water partition coefficient (Wildman–Crippen LogP) is 7.52. The van der Waals surface area contributed by atoms with Crippen LogP contribution in [0.25, 0.3) is 10.1 Å². The first kappa shape index (κ1) is 14.4. The lowest BCUT2D eigenvalue weighted by Gasteiger charge is -2.08. The summed E-state index contributed by atoms with van der Waals surface area (Å²) in [4.78, 5) is 0.0619. The molecule has 0 N–H and O–H groups in total. The third kappa shape index (κ3) is 2.63. The van der Waals surface area contributed by atoms with E-state index in [0.717, 1.165) is 14.4 Å². The van der Waals surface area contributed by atoms with Gasteiger partial charge in [-0.2, -0.15) is 0 Å². The second-order valence-electron chi connectivity index (χ2n) is 3.95. The molecular formula is C13H6Br2Cl2S2. The van der Waals surface area contributed by atoms with Gasteiger partial charge in [-0.05, 0) is 44.4 Å². The van der Waals surface area contributed by atoms with Crippen LogP contribution in [0, 0.1) is 0 Å². The van der Waals surface area contributed by atoms with Crippen LogP contribution >= 0.6 is 77.7 Å². The average Bonchev–Trinajstić information content (AvgIpc) is 2.93. The van der Waals surface area contributed by atoms with Gasteiger partial charge in [0.05, 0.1) is 13.5 Å². The molecule has 0 nitrogen and oxygen atoms in total. The van der Waals surface area contributed by atoms with Gasteiger partial charge in [0.15, 0.2) is 0 Å². The van der Waals surface area contributed by atoms with Gasteiger partial charge < -0.3 is 0 Å². The maximum atomic E-state index is 6.24. The molecule has 1 atom stereocenters. The van der Waals surface area contributed by atoms with Gasteiger partial charge in [0.2, 0.25) is 0 Å². The summed E-state index contributed by atoms with van der Waals surface area (Å²) in [5.41, 5.74) is 2.24. The molecule has 2 heterocycles. The Morgan fingerprint density at radius 3 is 2.63 bits per heavy atom. The molecule has 0 amide bonds. The number of fused-ring (bicyclic) bond motifs is 1. The minimum Gasteiger partial charge on any atom is -0.142 e. The summed E-state index contributed by atoms with van der Waals surface area (Å²) < 4.78 is 3.82. The van der Waals surface area contributed by atoms with E-state index in [2.05, 4.69) is 49.4 Å². The molecule has 0 aliphatic carbocycles. The van der Waals surface area contributed by atoms with Crippen LogP contribution in [0.3, 0.4) is 0 Å². The first-order chi connectivity index (χ1) is 9.08. The Kier molecular flexibility index (Phi) is 4.28. The van der Waals surface area contributed by atoms with Crippen molar-refractivity contribution in [3.8, 4) is 0 Å². The SMILES string of the molecule is Clc1cc(C(Br)c2csc3c(Br)cccc23)c(Cl)s1. The summed E-state index contributed by atoms with van der Waals surface area (Å²) in [5, 5.41) is 3.40. The lowest BCUT2D eigenvalue weighted by atomic mass is 10.1. The minimum absolute atomic E-state index is 0.0619. The molecule has 0 spiro atoms. The fourth-order valence-corrected chi connectivity index (χ4v) is 6.31. The highest BCUT2D eigenvalue weighted by Crippen LogP contribution is 2.45. The number of thiophene rings is 2. The summed E-state index contributed by atoms with van der Waals surface area (Å²) in [6.07, 6.45) is 0. The first-order valence-corrected chi connectivity index (χ1v) is 9.48. The Morgan fingerprint density at radius 1 is 1.16 bits per heavy atom. The second-order valence-corrected chi connectivity index (χ2v) is 8.88. The largest absolute Gasteiger partial charge is 0.142 e. The Bertz CT molecular complexity index is 748. The highest BCUT2D eigenvalue weighted by molar-refractivity contribution is 9.10. The summed E-state index contributed by atoms with van der Waals surface area (Å²) in [5.74, 6) is 0. The van der Waals surface area contributed by atoms with Crippen molar-refractivity contribution >= 4 is 87.8 Å². The van der Waals surface area contributed by atoms with Crippen molar-refractivity contribution < 1.29 is 0 Å². The molecule has 0 aliphatic heterocycles. The van der Waals surface area contributed by atoms with Gasteiger partial charge in [0, 0.05) is 14.7 Å². The van der Waals surface area contributed by atoms with Crippen LogP contribution < -0.4 is 0 Å². The van der Waals surface area contributed by atoms with Gasteiger partial charge in [0.1, 0.15) is 0 Å². The van der Waals surface area contributed by atoms with E-state index in [1.807, 2.05) is 12.1 Å². The van der Waals surface area contributed by atoms with Crippen LogP contribution in [0.2, 0.25) is 8.67 Å². The molecule has 0 aliphatic rings. The van der Waals surface area contributed by atoms with Crippen LogP contribution in [0.15, 0.2) is 34.1 Å². The molecule has 0 bridgehead atoms. The molecule has 2 aromatic heterocycles. The van der Waals surface area contributed by atoms with Crippen LogP contribution in [-0.2, 0) is 0 Å². The first-order valence-electron chi connectivity index (χ1n) is 5.32. The van der Waals surface area contributed by atoms with Crippen molar-refractivity contribution in [2.24, 2.45) is 0 Å². The number of benzene rings is 1. The maximum absolute atomic E-state index is 6.24. The average molecular weight is 457 g/mol. The molecule has 98 valence electrons. The van der Waals surface area contributed by atoms with Gasteiger partial charge in [-0.15, -0.1) is 22.7 Å². The monoisotopic (exact) mass is 454 g/mol. The highest BCUT2D eigenvalue weighted by Gasteiger charge is 2.20. The lowest BCUT2D eigenvalue weighted by Crippen LogP contribution is -1.89. The topological polar surface area (TPSA) is 0 Å². The normalized spacial score (nSPS) is 13.1. The summed E-state index contributed by atoms with van der Waals surface area (Å²) in [6.45, 7) is 0. The number of hydrogen-bond acceptors (Lipinski definition) is 2. The zero-order chi connectivity index (χ0) is 13.6. The van der Waals surface area contributed by atoms with Crippen LogP contribution in [0.4, 0.5) is 0 Å². The van der Waals surface area contributed by atoms with Gasteiger partial charge in [-0.25, -0.2) is 0 Å².